The highest BCUT2D eigenvalue weighted by atomic mass is 16.7. The van der Waals surface area contributed by atoms with E-state index in [1.807, 2.05) is 19.1 Å². The third kappa shape index (κ3) is 3.67. The van der Waals surface area contributed by atoms with Crippen LogP contribution in [-0.4, -0.2) is 23.6 Å². The molecule has 4 nitrogen and oxygen atoms in total. The van der Waals surface area contributed by atoms with Crippen LogP contribution in [0.3, 0.4) is 0 Å². The van der Waals surface area contributed by atoms with E-state index < -0.39 is 5.79 Å². The number of benzene rings is 1. The number of hydrogen-bond acceptors (Lipinski definition) is 4. The standard InChI is InChI=1S/C28H38O4/c1-19(9-10-21-17-22(30-7)16-20(2)24(21)29)15-23-18-26(5)11-8-12-27(26,6)28(31-23)14-13-25(3,4)32-28/h9,13-14,16-18,29H,8,10-12,15H2,1-7H3/t26-,27-,28-/m0/s1. The number of fused-ring (bicyclic) bond motifs is 2. The topological polar surface area (TPSA) is 47.9 Å². The molecule has 4 heteroatoms. The highest BCUT2D eigenvalue weighted by Crippen LogP contribution is 2.66. The Kier molecular flexibility index (Phi) is 5.52. The lowest BCUT2D eigenvalue weighted by molar-refractivity contribution is -0.292. The molecule has 32 heavy (non-hydrogen) atoms. The Labute approximate surface area is 193 Å². The number of phenolic OH excluding ortho intramolecular Hbond substituents is 1. The summed E-state index contributed by atoms with van der Waals surface area (Å²) in [4.78, 5) is 0. The Balaban J connectivity index is 1.58. The van der Waals surface area contributed by atoms with Crippen LogP contribution in [0.2, 0.25) is 0 Å². The normalized spacial score (nSPS) is 33.2. The van der Waals surface area contributed by atoms with Crippen molar-refractivity contribution in [3.63, 3.8) is 0 Å². The first-order valence-corrected chi connectivity index (χ1v) is 11.8. The Morgan fingerprint density at radius 2 is 1.91 bits per heavy atom. The van der Waals surface area contributed by atoms with Gasteiger partial charge in [0.05, 0.1) is 12.7 Å². The quantitative estimate of drug-likeness (QED) is 0.516. The highest BCUT2D eigenvalue weighted by molar-refractivity contribution is 5.46. The maximum Gasteiger partial charge on any atom is 0.236 e. The van der Waals surface area contributed by atoms with Gasteiger partial charge in [0.1, 0.15) is 17.3 Å². The molecule has 4 rings (SSSR count). The maximum absolute atomic E-state index is 10.5. The van der Waals surface area contributed by atoms with Gasteiger partial charge in [0.25, 0.3) is 0 Å². The molecule has 3 aliphatic rings. The molecule has 1 aromatic carbocycles. The van der Waals surface area contributed by atoms with Crippen LogP contribution >= 0.6 is 0 Å². The van der Waals surface area contributed by atoms with E-state index in [1.54, 1.807) is 7.11 Å². The maximum atomic E-state index is 10.5. The van der Waals surface area contributed by atoms with Crippen molar-refractivity contribution in [3.05, 3.63) is 58.9 Å². The second-order valence-electron chi connectivity index (χ2n) is 10.9. The van der Waals surface area contributed by atoms with Crippen LogP contribution in [0, 0.1) is 17.8 Å². The van der Waals surface area contributed by atoms with Gasteiger partial charge in [0.15, 0.2) is 0 Å². The van der Waals surface area contributed by atoms with E-state index in [2.05, 4.69) is 58.9 Å². The molecule has 1 saturated carbocycles. The number of aromatic hydroxyl groups is 1. The summed E-state index contributed by atoms with van der Waals surface area (Å²) in [7, 11) is 1.65. The molecule has 0 radical (unpaired) electrons. The SMILES string of the molecule is COc1cc(C)c(O)c(CC=C(C)CC2=C[C@]3(C)CCC[C@]3(C)[C@@]3(C=CC(C)(C)O3)O2)c1. The second kappa shape index (κ2) is 7.69. The average molecular weight is 439 g/mol. The van der Waals surface area contributed by atoms with E-state index in [0.717, 1.165) is 41.9 Å². The molecule has 0 saturated heterocycles. The van der Waals surface area contributed by atoms with Crippen LogP contribution in [-0.2, 0) is 15.9 Å². The predicted octanol–water partition coefficient (Wildman–Crippen LogP) is 6.76. The summed E-state index contributed by atoms with van der Waals surface area (Å²) in [5.41, 5.74) is 2.52. The zero-order valence-electron chi connectivity index (χ0n) is 20.7. The fourth-order valence-electron chi connectivity index (χ4n) is 5.80. The van der Waals surface area contributed by atoms with Crippen LogP contribution in [0.25, 0.3) is 0 Å². The molecule has 1 N–H and O–H groups in total. The Morgan fingerprint density at radius 1 is 1.16 bits per heavy atom. The molecule has 3 atom stereocenters. The first-order chi connectivity index (χ1) is 14.9. The number of rotatable bonds is 5. The second-order valence-corrected chi connectivity index (χ2v) is 10.9. The van der Waals surface area contributed by atoms with Gasteiger partial charge in [-0.3, -0.25) is 0 Å². The monoisotopic (exact) mass is 438 g/mol. The summed E-state index contributed by atoms with van der Waals surface area (Å²) in [6, 6.07) is 3.76. The van der Waals surface area contributed by atoms with Gasteiger partial charge in [-0.1, -0.05) is 38.0 Å². The molecule has 1 fully saturated rings. The van der Waals surface area contributed by atoms with Gasteiger partial charge in [-0.25, -0.2) is 0 Å². The van der Waals surface area contributed by atoms with E-state index in [-0.39, 0.29) is 16.4 Å². The van der Waals surface area contributed by atoms with Crippen LogP contribution in [0.1, 0.15) is 71.4 Å². The summed E-state index contributed by atoms with van der Waals surface area (Å²) in [5, 5.41) is 10.5. The van der Waals surface area contributed by atoms with Crippen molar-refractivity contribution in [2.45, 2.75) is 85.0 Å². The minimum absolute atomic E-state index is 0.0355. The van der Waals surface area contributed by atoms with Gasteiger partial charge >= 0.3 is 0 Å². The molecular weight excluding hydrogens is 400 g/mol. The van der Waals surface area contributed by atoms with E-state index in [4.69, 9.17) is 14.2 Å². The van der Waals surface area contributed by atoms with E-state index in [9.17, 15) is 5.11 Å². The number of phenols is 1. The lowest BCUT2D eigenvalue weighted by atomic mass is 9.61. The lowest BCUT2D eigenvalue weighted by Crippen LogP contribution is -2.57. The third-order valence-corrected chi connectivity index (χ3v) is 8.00. The molecule has 2 aliphatic heterocycles. The van der Waals surface area contributed by atoms with Crippen molar-refractivity contribution in [1.29, 1.82) is 0 Å². The summed E-state index contributed by atoms with van der Waals surface area (Å²) in [5.74, 6) is 1.37. The van der Waals surface area contributed by atoms with E-state index in [0.29, 0.717) is 12.2 Å². The summed E-state index contributed by atoms with van der Waals surface area (Å²) >= 11 is 0. The van der Waals surface area contributed by atoms with Crippen molar-refractivity contribution >= 4 is 0 Å². The van der Waals surface area contributed by atoms with Gasteiger partial charge in [-0.2, -0.15) is 0 Å². The lowest BCUT2D eigenvalue weighted by Gasteiger charge is -2.54. The number of ether oxygens (including phenoxy) is 3. The summed E-state index contributed by atoms with van der Waals surface area (Å²) in [6.45, 7) is 12.9. The van der Waals surface area contributed by atoms with E-state index in [1.165, 1.54) is 12.0 Å². The number of hydrogen-bond donors (Lipinski definition) is 1. The minimum atomic E-state index is -0.714. The molecule has 0 unspecified atom stereocenters. The van der Waals surface area contributed by atoms with Gasteiger partial charge in [-0.05, 0) is 76.8 Å². The molecule has 0 bridgehead atoms. The van der Waals surface area contributed by atoms with Crippen LogP contribution in [0.15, 0.2) is 47.8 Å². The zero-order chi connectivity index (χ0) is 23.4. The average Bonchev–Trinajstić information content (AvgIpc) is 3.20. The van der Waals surface area contributed by atoms with Gasteiger partial charge in [-0.15, -0.1) is 0 Å². The van der Waals surface area contributed by atoms with Crippen molar-refractivity contribution in [3.8, 4) is 11.5 Å². The smallest absolute Gasteiger partial charge is 0.236 e. The van der Waals surface area contributed by atoms with Crippen LogP contribution in [0.5, 0.6) is 11.5 Å². The molecule has 174 valence electrons. The Morgan fingerprint density at radius 3 is 2.56 bits per heavy atom. The number of allylic oxidation sites excluding steroid dienone is 3. The minimum Gasteiger partial charge on any atom is -0.507 e. The molecule has 0 amide bonds. The molecule has 1 aliphatic carbocycles. The van der Waals surface area contributed by atoms with Crippen molar-refractivity contribution in [2.75, 3.05) is 7.11 Å². The van der Waals surface area contributed by atoms with Gasteiger partial charge in [0, 0.05) is 22.8 Å². The number of methoxy groups -OCH3 is 1. The Bertz CT molecular complexity index is 1000. The van der Waals surface area contributed by atoms with Crippen LogP contribution < -0.4 is 4.74 Å². The van der Waals surface area contributed by atoms with Crippen molar-refractivity contribution < 1.29 is 19.3 Å². The van der Waals surface area contributed by atoms with Gasteiger partial charge < -0.3 is 19.3 Å². The molecule has 1 aromatic rings. The largest absolute Gasteiger partial charge is 0.507 e. The van der Waals surface area contributed by atoms with Crippen LogP contribution in [0.4, 0.5) is 0 Å². The first kappa shape index (κ1) is 23.0. The molecule has 0 aromatic heterocycles. The summed E-state index contributed by atoms with van der Waals surface area (Å²) < 4.78 is 18.7. The van der Waals surface area contributed by atoms with Gasteiger partial charge in [0.2, 0.25) is 5.79 Å². The highest BCUT2D eigenvalue weighted by Gasteiger charge is 2.66. The first-order valence-electron chi connectivity index (χ1n) is 11.8. The fourth-order valence-corrected chi connectivity index (χ4v) is 5.80. The van der Waals surface area contributed by atoms with Crippen molar-refractivity contribution in [1.82, 2.24) is 0 Å². The van der Waals surface area contributed by atoms with E-state index >= 15 is 0 Å². The third-order valence-electron chi connectivity index (χ3n) is 8.00. The molecular formula is C28H38O4. The Hall–Kier alpha value is -2.20. The molecule has 1 spiro atoms. The predicted molar refractivity (Wildman–Crippen MR) is 128 cm³/mol. The summed E-state index contributed by atoms with van der Waals surface area (Å²) in [6.07, 6.45) is 13.6. The number of aryl methyl sites for hydroxylation is 1. The fraction of sp³-hybridized carbons (Fsp3) is 0.571. The van der Waals surface area contributed by atoms with Crippen molar-refractivity contribution in [2.24, 2.45) is 10.8 Å². The molecule has 2 heterocycles. The zero-order valence-corrected chi connectivity index (χ0v) is 20.7.